The second-order valence-corrected chi connectivity index (χ2v) is 7.27. The van der Waals surface area contributed by atoms with Crippen LogP contribution in [0.5, 0.6) is 0 Å². The Balaban J connectivity index is 3.15. The molecule has 0 aliphatic carbocycles. The van der Waals surface area contributed by atoms with Crippen LogP contribution in [0.3, 0.4) is 0 Å². The van der Waals surface area contributed by atoms with Crippen LogP contribution in [0.25, 0.3) is 0 Å². The first kappa shape index (κ1) is 20.4. The maximum atomic E-state index is 11.5. The van der Waals surface area contributed by atoms with Crippen LogP contribution in [0.2, 0.25) is 0 Å². The predicted octanol–water partition coefficient (Wildman–Crippen LogP) is 1.86. The van der Waals surface area contributed by atoms with Gasteiger partial charge in [0.15, 0.2) is 6.10 Å². The fourth-order valence-electron chi connectivity index (χ4n) is 2.85. The Morgan fingerprint density at radius 2 is 1.42 bits per heavy atom. The molecule has 0 spiro atoms. The standard InChI is InChI=1S/C17H28O7/c1-9-13(8-21-10(2)18)24-16(17(5,6)7)15(23-12(4)20)14(9)22-11(3)19/h9,13-16H,8H2,1-7H3/t9?,13-,14+,15?,16?/m1/s1. The Bertz CT molecular complexity index is 480. The molecular weight excluding hydrogens is 316 g/mol. The van der Waals surface area contributed by atoms with Crippen molar-refractivity contribution >= 4 is 17.9 Å². The molecule has 0 bridgehead atoms. The minimum Gasteiger partial charge on any atom is -0.463 e. The van der Waals surface area contributed by atoms with Gasteiger partial charge in [0.2, 0.25) is 0 Å². The van der Waals surface area contributed by atoms with Crippen molar-refractivity contribution in [3.05, 3.63) is 0 Å². The van der Waals surface area contributed by atoms with Crippen molar-refractivity contribution in [2.75, 3.05) is 6.61 Å². The molecule has 1 aliphatic heterocycles. The van der Waals surface area contributed by atoms with Crippen LogP contribution in [0, 0.1) is 11.3 Å². The van der Waals surface area contributed by atoms with Gasteiger partial charge in [-0.25, -0.2) is 0 Å². The van der Waals surface area contributed by atoms with E-state index in [4.69, 9.17) is 18.9 Å². The lowest BCUT2D eigenvalue weighted by atomic mass is 9.77. The number of rotatable bonds is 4. The van der Waals surface area contributed by atoms with Gasteiger partial charge in [0.1, 0.15) is 18.8 Å². The number of hydrogen-bond acceptors (Lipinski definition) is 7. The van der Waals surface area contributed by atoms with Crippen LogP contribution in [-0.4, -0.2) is 48.9 Å². The van der Waals surface area contributed by atoms with Crippen LogP contribution in [0.1, 0.15) is 48.5 Å². The first-order valence-electron chi connectivity index (χ1n) is 8.06. The Labute approximate surface area is 143 Å². The highest BCUT2D eigenvalue weighted by Gasteiger charge is 2.51. The first-order valence-corrected chi connectivity index (χ1v) is 8.06. The molecule has 0 N–H and O–H groups in total. The van der Waals surface area contributed by atoms with E-state index < -0.39 is 42.3 Å². The summed E-state index contributed by atoms with van der Waals surface area (Å²) in [5, 5.41) is 0. The molecule has 1 aliphatic rings. The molecular formula is C17H28O7. The van der Waals surface area contributed by atoms with Crippen molar-refractivity contribution < 1.29 is 33.3 Å². The lowest BCUT2D eigenvalue weighted by molar-refractivity contribution is -0.247. The zero-order valence-electron chi connectivity index (χ0n) is 15.5. The zero-order chi connectivity index (χ0) is 18.7. The largest absolute Gasteiger partial charge is 0.463 e. The first-order chi connectivity index (χ1) is 10.9. The molecule has 1 rings (SSSR count). The third kappa shape index (κ3) is 5.47. The molecule has 24 heavy (non-hydrogen) atoms. The third-order valence-electron chi connectivity index (χ3n) is 3.96. The van der Waals surface area contributed by atoms with Gasteiger partial charge in [-0.2, -0.15) is 0 Å². The number of hydrogen-bond donors (Lipinski definition) is 0. The molecule has 0 saturated carbocycles. The van der Waals surface area contributed by atoms with Gasteiger partial charge in [0.05, 0.1) is 6.10 Å². The lowest BCUT2D eigenvalue weighted by Gasteiger charge is -2.48. The number of carbonyl (C=O) groups is 3. The van der Waals surface area contributed by atoms with E-state index in [0.29, 0.717) is 0 Å². The molecule has 7 heteroatoms. The van der Waals surface area contributed by atoms with Crippen LogP contribution < -0.4 is 0 Å². The molecule has 1 saturated heterocycles. The van der Waals surface area contributed by atoms with E-state index in [9.17, 15) is 14.4 Å². The van der Waals surface area contributed by atoms with E-state index in [0.717, 1.165) is 0 Å². The van der Waals surface area contributed by atoms with Gasteiger partial charge in [0.25, 0.3) is 0 Å². The summed E-state index contributed by atoms with van der Waals surface area (Å²) < 4.78 is 22.0. The number of ether oxygens (including phenoxy) is 4. The van der Waals surface area contributed by atoms with Crippen LogP contribution in [0.15, 0.2) is 0 Å². The molecule has 0 radical (unpaired) electrons. The Kier molecular flexibility index (Phi) is 6.77. The second kappa shape index (κ2) is 7.96. The normalized spacial score (nSPS) is 30.4. The average Bonchev–Trinajstić information content (AvgIpc) is 2.39. The summed E-state index contributed by atoms with van der Waals surface area (Å²) in [6.07, 6.45) is -2.38. The van der Waals surface area contributed by atoms with Crippen molar-refractivity contribution in [1.29, 1.82) is 0 Å². The SMILES string of the molecule is CC(=O)OC[C@H]1OC(C(C)(C)C)C(OC(C)=O)[C@@H](OC(C)=O)C1C. The fraction of sp³-hybridized carbons (Fsp3) is 0.824. The highest BCUT2D eigenvalue weighted by molar-refractivity contribution is 5.67. The van der Waals surface area contributed by atoms with Crippen LogP contribution in [0.4, 0.5) is 0 Å². The summed E-state index contributed by atoms with van der Waals surface area (Å²) in [5.41, 5.74) is -0.382. The van der Waals surface area contributed by atoms with Crippen LogP contribution >= 0.6 is 0 Å². The van der Waals surface area contributed by atoms with E-state index >= 15 is 0 Å². The lowest BCUT2D eigenvalue weighted by Crippen LogP contribution is -2.60. The number of carbonyl (C=O) groups excluding carboxylic acids is 3. The summed E-state index contributed by atoms with van der Waals surface area (Å²) >= 11 is 0. The molecule has 5 atom stereocenters. The van der Waals surface area contributed by atoms with E-state index in [1.165, 1.54) is 20.8 Å². The molecule has 138 valence electrons. The summed E-state index contributed by atoms with van der Waals surface area (Å²) in [6, 6.07) is 0. The van der Waals surface area contributed by atoms with Crippen molar-refractivity contribution in [3.63, 3.8) is 0 Å². The van der Waals surface area contributed by atoms with Gasteiger partial charge >= 0.3 is 17.9 Å². The Morgan fingerprint density at radius 1 is 0.917 bits per heavy atom. The molecule has 1 heterocycles. The van der Waals surface area contributed by atoms with Crippen molar-refractivity contribution in [3.8, 4) is 0 Å². The topological polar surface area (TPSA) is 88.1 Å². The monoisotopic (exact) mass is 344 g/mol. The molecule has 0 aromatic carbocycles. The molecule has 3 unspecified atom stereocenters. The Hall–Kier alpha value is -1.63. The average molecular weight is 344 g/mol. The maximum absolute atomic E-state index is 11.5. The minimum atomic E-state index is -0.727. The number of esters is 3. The van der Waals surface area contributed by atoms with Crippen molar-refractivity contribution in [1.82, 2.24) is 0 Å². The van der Waals surface area contributed by atoms with Gasteiger partial charge in [-0.3, -0.25) is 14.4 Å². The highest BCUT2D eigenvalue weighted by atomic mass is 16.6. The molecule has 0 aromatic heterocycles. The van der Waals surface area contributed by atoms with Crippen molar-refractivity contribution in [2.45, 2.75) is 72.9 Å². The van der Waals surface area contributed by atoms with E-state index in [1.54, 1.807) is 0 Å². The minimum absolute atomic E-state index is 0.0492. The van der Waals surface area contributed by atoms with E-state index in [-0.39, 0.29) is 17.9 Å². The predicted molar refractivity (Wildman–Crippen MR) is 85.0 cm³/mol. The fourth-order valence-corrected chi connectivity index (χ4v) is 2.85. The zero-order valence-corrected chi connectivity index (χ0v) is 15.5. The maximum Gasteiger partial charge on any atom is 0.303 e. The van der Waals surface area contributed by atoms with Gasteiger partial charge in [-0.1, -0.05) is 27.7 Å². The second-order valence-electron chi connectivity index (χ2n) is 7.27. The van der Waals surface area contributed by atoms with Crippen molar-refractivity contribution in [2.24, 2.45) is 11.3 Å². The molecule has 0 aromatic rings. The van der Waals surface area contributed by atoms with Gasteiger partial charge in [-0.15, -0.1) is 0 Å². The highest BCUT2D eigenvalue weighted by Crippen LogP contribution is 2.38. The van der Waals surface area contributed by atoms with Gasteiger partial charge < -0.3 is 18.9 Å². The summed E-state index contributed by atoms with van der Waals surface area (Å²) in [6.45, 7) is 11.6. The summed E-state index contributed by atoms with van der Waals surface area (Å²) in [7, 11) is 0. The third-order valence-corrected chi connectivity index (χ3v) is 3.96. The van der Waals surface area contributed by atoms with Gasteiger partial charge in [-0.05, 0) is 5.41 Å². The summed E-state index contributed by atoms with van der Waals surface area (Å²) in [5.74, 6) is -1.66. The molecule has 0 amide bonds. The quantitative estimate of drug-likeness (QED) is 0.568. The smallest absolute Gasteiger partial charge is 0.303 e. The van der Waals surface area contributed by atoms with E-state index in [2.05, 4.69) is 0 Å². The van der Waals surface area contributed by atoms with E-state index in [1.807, 2.05) is 27.7 Å². The Morgan fingerprint density at radius 3 is 1.83 bits per heavy atom. The van der Waals surface area contributed by atoms with Gasteiger partial charge in [0, 0.05) is 26.7 Å². The summed E-state index contributed by atoms with van der Waals surface area (Å²) in [4.78, 5) is 34.2. The van der Waals surface area contributed by atoms with Crippen LogP contribution in [-0.2, 0) is 33.3 Å². The molecule has 7 nitrogen and oxygen atoms in total. The molecule has 1 fully saturated rings.